The van der Waals surface area contributed by atoms with Gasteiger partial charge >= 0.3 is 0 Å². The number of hydrogen-bond acceptors (Lipinski definition) is 8. The summed E-state index contributed by atoms with van der Waals surface area (Å²) in [5.74, 6) is 2.29. The number of carbonyl (C=O) groups excluding carboxylic acids is 1. The number of nitrogens with one attached hydrogen (secondary N) is 1. The van der Waals surface area contributed by atoms with Gasteiger partial charge < -0.3 is 19.2 Å². The van der Waals surface area contributed by atoms with Gasteiger partial charge in [-0.2, -0.15) is 0 Å². The number of benzene rings is 1. The van der Waals surface area contributed by atoms with Crippen LogP contribution in [0.3, 0.4) is 0 Å². The quantitative estimate of drug-likeness (QED) is 0.387. The number of thioether (sulfide) groups is 1. The third-order valence-electron chi connectivity index (χ3n) is 4.55. The molecule has 3 aromatic heterocycles. The summed E-state index contributed by atoms with van der Waals surface area (Å²) >= 11 is 1.26. The molecule has 0 aliphatic carbocycles. The van der Waals surface area contributed by atoms with E-state index in [1.54, 1.807) is 61.7 Å². The van der Waals surface area contributed by atoms with E-state index in [1.165, 1.54) is 11.8 Å². The van der Waals surface area contributed by atoms with Crippen molar-refractivity contribution < 1.29 is 18.7 Å². The molecule has 1 aromatic carbocycles. The molecule has 9 nitrogen and oxygen atoms in total. The topological polar surface area (TPSA) is 104 Å². The molecule has 0 spiro atoms. The Hall–Kier alpha value is -3.79. The Morgan fingerprint density at radius 3 is 2.78 bits per heavy atom. The molecule has 0 saturated carbocycles. The van der Waals surface area contributed by atoms with Gasteiger partial charge in [0.05, 0.1) is 31.9 Å². The number of pyridine rings is 1. The Morgan fingerprint density at radius 2 is 2.06 bits per heavy atom. The third-order valence-corrected chi connectivity index (χ3v) is 5.48. The van der Waals surface area contributed by atoms with Crippen molar-refractivity contribution in [2.45, 2.75) is 11.7 Å². The largest absolute Gasteiger partial charge is 0.497 e. The van der Waals surface area contributed by atoms with Crippen molar-refractivity contribution in [2.24, 2.45) is 0 Å². The first-order valence-electron chi connectivity index (χ1n) is 9.69. The maximum absolute atomic E-state index is 12.4. The van der Waals surface area contributed by atoms with Gasteiger partial charge in [-0.1, -0.05) is 17.8 Å². The van der Waals surface area contributed by atoms with E-state index in [-0.39, 0.29) is 11.7 Å². The molecule has 4 aromatic rings. The Balaban J connectivity index is 1.60. The molecule has 0 saturated heterocycles. The zero-order chi connectivity index (χ0) is 22.3. The maximum atomic E-state index is 12.4. The molecule has 1 N–H and O–H groups in total. The normalized spacial score (nSPS) is 10.7. The number of carbonyl (C=O) groups is 1. The van der Waals surface area contributed by atoms with Crippen LogP contribution in [0.2, 0.25) is 0 Å². The fourth-order valence-corrected chi connectivity index (χ4v) is 3.78. The summed E-state index contributed by atoms with van der Waals surface area (Å²) in [5, 5.41) is 12.0. The van der Waals surface area contributed by atoms with Crippen molar-refractivity contribution in [1.82, 2.24) is 25.1 Å². The van der Waals surface area contributed by atoms with Crippen LogP contribution in [0.5, 0.6) is 11.5 Å². The minimum Gasteiger partial charge on any atom is -0.497 e. The first-order valence-corrected chi connectivity index (χ1v) is 10.7. The van der Waals surface area contributed by atoms with E-state index in [0.29, 0.717) is 40.5 Å². The van der Waals surface area contributed by atoms with Gasteiger partial charge in [0.1, 0.15) is 11.5 Å². The van der Waals surface area contributed by atoms with Crippen molar-refractivity contribution in [2.75, 3.05) is 20.0 Å². The molecule has 10 heteroatoms. The highest BCUT2D eigenvalue weighted by atomic mass is 32.2. The van der Waals surface area contributed by atoms with Gasteiger partial charge in [0.2, 0.25) is 11.7 Å². The number of furan rings is 1. The molecule has 0 aliphatic rings. The third kappa shape index (κ3) is 4.75. The molecule has 0 unspecified atom stereocenters. The first kappa shape index (κ1) is 21.4. The summed E-state index contributed by atoms with van der Waals surface area (Å²) < 4.78 is 18.3. The van der Waals surface area contributed by atoms with E-state index in [2.05, 4.69) is 20.5 Å². The number of aromatic nitrogens is 4. The van der Waals surface area contributed by atoms with E-state index in [9.17, 15) is 4.79 Å². The summed E-state index contributed by atoms with van der Waals surface area (Å²) in [7, 11) is 3.17. The highest BCUT2D eigenvalue weighted by Crippen LogP contribution is 2.34. The smallest absolute Gasteiger partial charge is 0.230 e. The first-order chi connectivity index (χ1) is 15.7. The Morgan fingerprint density at radius 1 is 1.16 bits per heavy atom. The van der Waals surface area contributed by atoms with Crippen LogP contribution in [-0.4, -0.2) is 45.6 Å². The van der Waals surface area contributed by atoms with Gasteiger partial charge in [-0.25, -0.2) is 0 Å². The number of methoxy groups -OCH3 is 2. The van der Waals surface area contributed by atoms with Crippen LogP contribution >= 0.6 is 11.8 Å². The second-order valence-electron chi connectivity index (χ2n) is 6.58. The van der Waals surface area contributed by atoms with Crippen molar-refractivity contribution in [1.29, 1.82) is 0 Å². The average molecular weight is 452 g/mol. The molecule has 4 rings (SSSR count). The SMILES string of the molecule is COc1ccc(OC)c(-n2c(SCC(=O)NCc3cccnc3)nnc2-c2ccco2)c1. The van der Waals surface area contributed by atoms with E-state index >= 15 is 0 Å². The van der Waals surface area contributed by atoms with Gasteiger partial charge in [0.15, 0.2) is 10.9 Å². The van der Waals surface area contributed by atoms with E-state index < -0.39 is 0 Å². The van der Waals surface area contributed by atoms with Crippen LogP contribution in [0.15, 0.2) is 70.7 Å². The number of hydrogen-bond donors (Lipinski definition) is 1. The fourth-order valence-electron chi connectivity index (χ4n) is 3.00. The van der Waals surface area contributed by atoms with Crippen LogP contribution in [-0.2, 0) is 11.3 Å². The monoisotopic (exact) mass is 451 g/mol. The van der Waals surface area contributed by atoms with Crippen LogP contribution in [0.25, 0.3) is 17.3 Å². The maximum Gasteiger partial charge on any atom is 0.230 e. The standard InChI is InChI=1S/C22H21N5O4S/c1-29-16-7-8-18(30-2)17(11-16)27-21(19-6-4-10-31-19)25-26-22(27)32-14-20(28)24-13-15-5-3-9-23-12-15/h3-12H,13-14H2,1-2H3,(H,24,28). The summed E-state index contributed by atoms with van der Waals surface area (Å²) in [5.41, 5.74) is 1.59. The number of rotatable bonds is 9. The van der Waals surface area contributed by atoms with Crippen LogP contribution in [0.1, 0.15) is 5.56 Å². The lowest BCUT2D eigenvalue weighted by Gasteiger charge is -2.14. The van der Waals surface area contributed by atoms with E-state index in [4.69, 9.17) is 13.9 Å². The molecular formula is C22H21N5O4S. The summed E-state index contributed by atoms with van der Waals surface area (Å²) in [4.78, 5) is 16.5. The molecule has 0 atom stereocenters. The lowest BCUT2D eigenvalue weighted by atomic mass is 10.2. The second kappa shape index (κ2) is 10.0. The van der Waals surface area contributed by atoms with Gasteiger partial charge in [-0.05, 0) is 35.9 Å². The van der Waals surface area contributed by atoms with Crippen molar-refractivity contribution >= 4 is 17.7 Å². The zero-order valence-corrected chi connectivity index (χ0v) is 18.3. The average Bonchev–Trinajstić information content (AvgIpc) is 3.51. The highest BCUT2D eigenvalue weighted by Gasteiger charge is 2.22. The van der Waals surface area contributed by atoms with Crippen LogP contribution < -0.4 is 14.8 Å². The minimum absolute atomic E-state index is 0.134. The van der Waals surface area contributed by atoms with Crippen LogP contribution in [0, 0.1) is 0 Å². The Kier molecular flexibility index (Phi) is 6.71. The zero-order valence-electron chi connectivity index (χ0n) is 17.5. The lowest BCUT2D eigenvalue weighted by Crippen LogP contribution is -2.24. The molecule has 3 heterocycles. The predicted octanol–water partition coefficient (Wildman–Crippen LogP) is 3.35. The van der Waals surface area contributed by atoms with Gasteiger partial charge in [0, 0.05) is 25.0 Å². The fraction of sp³-hybridized carbons (Fsp3) is 0.182. The predicted molar refractivity (Wildman–Crippen MR) is 119 cm³/mol. The van der Waals surface area contributed by atoms with Gasteiger partial charge in [-0.15, -0.1) is 10.2 Å². The summed E-state index contributed by atoms with van der Waals surface area (Å²) in [6.45, 7) is 0.404. The number of amides is 1. The molecule has 164 valence electrons. The van der Waals surface area contributed by atoms with Gasteiger partial charge in [0.25, 0.3) is 0 Å². The van der Waals surface area contributed by atoms with Crippen molar-refractivity contribution in [3.63, 3.8) is 0 Å². The summed E-state index contributed by atoms with van der Waals surface area (Å²) in [6.07, 6.45) is 4.97. The molecule has 0 radical (unpaired) electrons. The lowest BCUT2D eigenvalue weighted by molar-refractivity contribution is -0.118. The molecular weight excluding hydrogens is 430 g/mol. The molecule has 0 fully saturated rings. The number of ether oxygens (including phenoxy) is 2. The second-order valence-corrected chi connectivity index (χ2v) is 7.53. The molecule has 32 heavy (non-hydrogen) atoms. The van der Waals surface area contributed by atoms with Crippen molar-refractivity contribution in [3.8, 4) is 28.8 Å². The van der Waals surface area contributed by atoms with Crippen LogP contribution in [0.4, 0.5) is 0 Å². The summed E-state index contributed by atoms with van der Waals surface area (Å²) in [6, 6.07) is 12.7. The Bertz CT molecular complexity index is 1180. The van der Waals surface area contributed by atoms with Gasteiger partial charge in [-0.3, -0.25) is 14.3 Å². The number of nitrogens with zero attached hydrogens (tertiary/aromatic N) is 4. The minimum atomic E-state index is -0.134. The van der Waals surface area contributed by atoms with Crippen molar-refractivity contribution in [3.05, 3.63) is 66.7 Å². The van der Waals surface area contributed by atoms with E-state index in [0.717, 1.165) is 5.56 Å². The Labute approximate surface area is 188 Å². The molecule has 0 bridgehead atoms. The van der Waals surface area contributed by atoms with E-state index in [1.807, 2.05) is 18.2 Å². The molecule has 1 amide bonds. The highest BCUT2D eigenvalue weighted by molar-refractivity contribution is 7.99. The molecule has 0 aliphatic heterocycles.